The van der Waals surface area contributed by atoms with Crippen LogP contribution in [0.5, 0.6) is 0 Å². The average molecular weight is 386 g/mol. The highest BCUT2D eigenvalue weighted by atomic mass is 16.2. The van der Waals surface area contributed by atoms with Crippen molar-refractivity contribution < 1.29 is 9.59 Å². The third-order valence-electron chi connectivity index (χ3n) is 5.80. The summed E-state index contributed by atoms with van der Waals surface area (Å²) < 4.78 is 0. The lowest BCUT2D eigenvalue weighted by Crippen LogP contribution is -2.28. The molecule has 0 N–H and O–H groups in total. The topological polar surface area (TPSA) is 66.4 Å². The van der Waals surface area contributed by atoms with Crippen LogP contribution in [0, 0.1) is 0 Å². The molecule has 29 heavy (non-hydrogen) atoms. The van der Waals surface area contributed by atoms with E-state index in [2.05, 4.69) is 34.0 Å². The molecule has 0 radical (unpaired) electrons. The molecule has 146 valence electrons. The van der Waals surface area contributed by atoms with Gasteiger partial charge in [0.15, 0.2) is 0 Å². The van der Waals surface area contributed by atoms with Crippen LogP contribution >= 0.6 is 0 Å². The number of amides is 2. The second-order valence-electron chi connectivity index (χ2n) is 7.85. The summed E-state index contributed by atoms with van der Waals surface area (Å²) in [6.07, 6.45) is 4.68. The van der Waals surface area contributed by atoms with Crippen LogP contribution in [-0.4, -0.2) is 39.8 Å². The molecule has 1 saturated carbocycles. The first-order valence-electron chi connectivity index (χ1n) is 10.0. The van der Waals surface area contributed by atoms with Gasteiger partial charge in [-0.1, -0.05) is 24.3 Å². The fraction of sp³-hybridized carbons (Fsp3) is 0.304. The molecule has 1 aromatic heterocycles. The largest absolute Gasteiger partial charge is 0.356 e. The van der Waals surface area contributed by atoms with Crippen molar-refractivity contribution in [2.45, 2.75) is 38.3 Å². The lowest BCUT2D eigenvalue weighted by atomic mass is 10.0. The number of carbonyl (C=O) groups is 2. The van der Waals surface area contributed by atoms with Gasteiger partial charge in [-0.2, -0.15) is 0 Å². The number of benzene rings is 2. The Bertz CT molecular complexity index is 1110. The lowest BCUT2D eigenvalue weighted by Gasteiger charge is -2.19. The van der Waals surface area contributed by atoms with E-state index in [1.807, 2.05) is 30.3 Å². The number of nitrogens with zero attached hydrogens (tertiary/aromatic N) is 4. The third kappa shape index (κ3) is 3.35. The molecule has 1 saturated heterocycles. The van der Waals surface area contributed by atoms with Crippen LogP contribution in [0.1, 0.15) is 31.2 Å². The van der Waals surface area contributed by atoms with Crippen molar-refractivity contribution in [3.05, 3.63) is 54.4 Å². The molecule has 2 amide bonds. The highest BCUT2D eigenvalue weighted by Gasteiger charge is 2.29. The van der Waals surface area contributed by atoms with E-state index in [9.17, 15) is 9.59 Å². The molecular weight excluding hydrogens is 364 g/mol. The quantitative estimate of drug-likeness (QED) is 0.628. The van der Waals surface area contributed by atoms with Gasteiger partial charge in [0.2, 0.25) is 11.8 Å². The molecule has 5 rings (SSSR count). The van der Waals surface area contributed by atoms with E-state index < -0.39 is 0 Å². The van der Waals surface area contributed by atoms with Gasteiger partial charge in [0.1, 0.15) is 12.1 Å². The van der Waals surface area contributed by atoms with Crippen LogP contribution in [0.15, 0.2) is 48.8 Å². The van der Waals surface area contributed by atoms with Crippen LogP contribution in [0.4, 0.5) is 5.82 Å². The summed E-state index contributed by atoms with van der Waals surface area (Å²) in [6.45, 7) is 0.331. The summed E-state index contributed by atoms with van der Waals surface area (Å²) in [4.78, 5) is 36.4. The Morgan fingerprint density at radius 1 is 1.00 bits per heavy atom. The van der Waals surface area contributed by atoms with E-state index in [1.165, 1.54) is 17.7 Å². The summed E-state index contributed by atoms with van der Waals surface area (Å²) in [6, 6.07) is 14.8. The molecule has 0 bridgehead atoms. The molecule has 6 nitrogen and oxygen atoms in total. The number of anilines is 1. The van der Waals surface area contributed by atoms with Gasteiger partial charge in [-0.25, -0.2) is 9.97 Å². The van der Waals surface area contributed by atoms with Crippen LogP contribution in [-0.2, 0) is 16.1 Å². The van der Waals surface area contributed by atoms with Crippen LogP contribution in [0.25, 0.3) is 22.0 Å². The maximum absolute atomic E-state index is 11.9. The molecule has 2 aliphatic rings. The average Bonchev–Trinajstić information content (AvgIpc) is 3.55. The van der Waals surface area contributed by atoms with E-state index in [0.717, 1.165) is 33.4 Å². The van der Waals surface area contributed by atoms with Crippen LogP contribution in [0.2, 0.25) is 0 Å². The number of likely N-dealkylation sites (tertiary alicyclic amines) is 1. The first-order valence-corrected chi connectivity index (χ1v) is 10.0. The highest BCUT2D eigenvalue weighted by Crippen LogP contribution is 2.34. The fourth-order valence-corrected chi connectivity index (χ4v) is 3.97. The Morgan fingerprint density at radius 2 is 1.76 bits per heavy atom. The van der Waals surface area contributed by atoms with Crippen molar-refractivity contribution in [3.63, 3.8) is 0 Å². The SMILES string of the molecule is CN(c1ncnc2ccc(-c3cccc(CN4C(=O)CCC4=O)c3)cc12)C1CC1. The molecule has 1 aliphatic carbocycles. The molecule has 2 fully saturated rings. The van der Waals surface area contributed by atoms with Crippen molar-refractivity contribution in [3.8, 4) is 11.1 Å². The number of aromatic nitrogens is 2. The van der Waals surface area contributed by atoms with Crippen molar-refractivity contribution >= 4 is 28.5 Å². The molecule has 0 spiro atoms. The Labute approximate surface area is 169 Å². The second kappa shape index (κ2) is 6.95. The zero-order valence-electron chi connectivity index (χ0n) is 16.3. The Hall–Kier alpha value is -3.28. The minimum atomic E-state index is -0.0870. The van der Waals surface area contributed by atoms with Crippen LogP contribution < -0.4 is 4.90 Å². The molecule has 0 unspecified atom stereocenters. The van der Waals surface area contributed by atoms with E-state index >= 15 is 0 Å². The van der Waals surface area contributed by atoms with Crippen molar-refractivity contribution in [1.29, 1.82) is 0 Å². The summed E-state index contributed by atoms with van der Waals surface area (Å²) in [5.41, 5.74) is 3.99. The monoisotopic (exact) mass is 386 g/mol. The second-order valence-corrected chi connectivity index (χ2v) is 7.85. The fourth-order valence-electron chi connectivity index (χ4n) is 3.97. The number of hydrogen-bond acceptors (Lipinski definition) is 5. The van der Waals surface area contributed by atoms with Gasteiger partial charge in [-0.3, -0.25) is 14.5 Å². The maximum atomic E-state index is 11.9. The minimum absolute atomic E-state index is 0.0870. The molecular formula is C23H22N4O2. The Morgan fingerprint density at radius 3 is 2.52 bits per heavy atom. The number of rotatable bonds is 5. The Balaban J connectivity index is 1.50. The molecule has 3 aromatic rings. The van der Waals surface area contributed by atoms with Gasteiger partial charge in [0, 0.05) is 31.3 Å². The normalized spacial score (nSPS) is 16.7. The predicted octanol–water partition coefficient (Wildman–Crippen LogP) is 3.54. The summed E-state index contributed by atoms with van der Waals surface area (Å²) in [5.74, 6) is 0.788. The molecule has 2 heterocycles. The number of imide groups is 1. The standard InChI is InChI=1S/C23H22N4O2/c1-26(18-6-7-18)23-19-12-17(5-8-20(19)24-14-25-23)16-4-2-3-15(11-16)13-27-21(28)9-10-22(27)29/h2-5,8,11-12,14,18H,6-7,9-10,13H2,1H3. The summed E-state index contributed by atoms with van der Waals surface area (Å²) in [5, 5.41) is 1.04. The zero-order chi connectivity index (χ0) is 20.0. The Kier molecular flexibility index (Phi) is 4.27. The van der Waals surface area contributed by atoms with Crippen molar-refractivity contribution in [1.82, 2.24) is 14.9 Å². The lowest BCUT2D eigenvalue weighted by molar-refractivity contribution is -0.139. The van der Waals surface area contributed by atoms with Gasteiger partial charge in [-0.05, 0) is 47.7 Å². The van der Waals surface area contributed by atoms with Crippen molar-refractivity contribution in [2.24, 2.45) is 0 Å². The molecule has 0 atom stereocenters. The van der Waals surface area contributed by atoms with E-state index in [1.54, 1.807) is 6.33 Å². The third-order valence-corrected chi connectivity index (χ3v) is 5.80. The number of hydrogen-bond donors (Lipinski definition) is 0. The van der Waals surface area contributed by atoms with Gasteiger partial charge < -0.3 is 4.90 Å². The van der Waals surface area contributed by atoms with E-state index in [0.29, 0.717) is 25.4 Å². The zero-order valence-corrected chi connectivity index (χ0v) is 16.3. The van der Waals surface area contributed by atoms with E-state index in [4.69, 9.17) is 0 Å². The number of fused-ring (bicyclic) bond motifs is 1. The first-order chi connectivity index (χ1) is 14.1. The first kappa shape index (κ1) is 17.8. The van der Waals surface area contributed by atoms with Crippen molar-refractivity contribution in [2.75, 3.05) is 11.9 Å². The molecule has 6 heteroatoms. The summed E-state index contributed by atoms with van der Waals surface area (Å²) in [7, 11) is 2.09. The van der Waals surface area contributed by atoms with Gasteiger partial charge in [0.25, 0.3) is 0 Å². The maximum Gasteiger partial charge on any atom is 0.229 e. The van der Waals surface area contributed by atoms with Gasteiger partial charge >= 0.3 is 0 Å². The highest BCUT2D eigenvalue weighted by molar-refractivity contribution is 6.01. The molecule has 1 aliphatic heterocycles. The van der Waals surface area contributed by atoms with Gasteiger partial charge in [-0.15, -0.1) is 0 Å². The van der Waals surface area contributed by atoms with Gasteiger partial charge in [0.05, 0.1) is 12.1 Å². The van der Waals surface area contributed by atoms with Crippen LogP contribution in [0.3, 0.4) is 0 Å². The predicted molar refractivity (Wildman–Crippen MR) is 111 cm³/mol. The molecule has 2 aromatic carbocycles. The minimum Gasteiger partial charge on any atom is -0.356 e. The van der Waals surface area contributed by atoms with E-state index in [-0.39, 0.29) is 11.8 Å². The number of carbonyl (C=O) groups excluding carboxylic acids is 2. The smallest absolute Gasteiger partial charge is 0.229 e. The summed E-state index contributed by atoms with van der Waals surface area (Å²) >= 11 is 0.